The number of alkyl halides is 3. The zero-order valence-corrected chi connectivity index (χ0v) is 23.1. The Morgan fingerprint density at radius 1 is 0.976 bits per heavy atom. The van der Waals surface area contributed by atoms with Gasteiger partial charge < -0.3 is 24.1 Å². The number of aromatic nitrogens is 2. The summed E-state index contributed by atoms with van der Waals surface area (Å²) in [5, 5.41) is 7.97. The van der Waals surface area contributed by atoms with Crippen LogP contribution in [-0.2, 0) is 12.0 Å². The SMILES string of the molecule is CCOc1cc(-c2ccc(NC(=O)Nc3cc(C(C)(C)C(F)(F)F)on3)c(F)c2)cnc1OCc1ccc(OC)cc1. The second kappa shape index (κ2) is 12.4. The number of hydrogen-bond donors (Lipinski definition) is 2. The van der Waals surface area contributed by atoms with Crippen LogP contribution >= 0.6 is 0 Å². The predicted octanol–water partition coefficient (Wildman–Crippen LogP) is 7.35. The van der Waals surface area contributed by atoms with E-state index in [1.165, 1.54) is 18.3 Å². The molecule has 2 heterocycles. The number of carbonyl (C=O) groups excluding carboxylic acids is 1. The maximum atomic E-state index is 14.9. The molecule has 9 nitrogen and oxygen atoms in total. The van der Waals surface area contributed by atoms with Gasteiger partial charge in [0.05, 0.1) is 19.4 Å². The van der Waals surface area contributed by atoms with Crippen molar-refractivity contribution in [3.8, 4) is 28.5 Å². The lowest BCUT2D eigenvalue weighted by atomic mass is 9.89. The molecule has 2 aromatic heterocycles. The van der Waals surface area contributed by atoms with Gasteiger partial charge in [-0.05, 0) is 62.2 Å². The van der Waals surface area contributed by atoms with Crippen molar-refractivity contribution in [2.75, 3.05) is 24.4 Å². The first-order valence-electron chi connectivity index (χ1n) is 12.7. The molecule has 4 aromatic rings. The molecular weight excluding hydrogens is 560 g/mol. The van der Waals surface area contributed by atoms with Crippen LogP contribution in [0.15, 0.2) is 65.3 Å². The summed E-state index contributed by atoms with van der Waals surface area (Å²) in [4.78, 5) is 16.7. The molecule has 0 saturated heterocycles. The number of hydrogen-bond acceptors (Lipinski definition) is 7. The third-order valence-electron chi connectivity index (χ3n) is 6.28. The number of methoxy groups -OCH3 is 1. The summed E-state index contributed by atoms with van der Waals surface area (Å²) in [7, 11) is 1.58. The van der Waals surface area contributed by atoms with Crippen LogP contribution in [0.1, 0.15) is 32.1 Å². The van der Waals surface area contributed by atoms with Crippen LogP contribution in [0.5, 0.6) is 17.4 Å². The number of carbonyl (C=O) groups is 1. The first kappa shape index (κ1) is 30.2. The molecule has 2 amide bonds. The summed E-state index contributed by atoms with van der Waals surface area (Å²) in [6.07, 6.45) is -3.09. The Kier molecular flexibility index (Phi) is 8.88. The Morgan fingerprint density at radius 2 is 1.71 bits per heavy atom. The molecule has 2 aromatic carbocycles. The van der Waals surface area contributed by atoms with Gasteiger partial charge in [-0.2, -0.15) is 13.2 Å². The lowest BCUT2D eigenvalue weighted by molar-refractivity contribution is -0.185. The average Bonchev–Trinajstić information content (AvgIpc) is 3.42. The Labute approximate surface area is 238 Å². The van der Waals surface area contributed by atoms with Gasteiger partial charge in [0, 0.05) is 17.8 Å². The maximum Gasteiger partial charge on any atom is 0.401 e. The number of halogens is 4. The maximum absolute atomic E-state index is 14.9. The van der Waals surface area contributed by atoms with Gasteiger partial charge in [0.2, 0.25) is 0 Å². The fraction of sp³-hybridized carbons (Fsp3) is 0.276. The summed E-state index contributed by atoms with van der Waals surface area (Å²) in [5.74, 6) is -0.159. The predicted molar refractivity (Wildman–Crippen MR) is 146 cm³/mol. The van der Waals surface area contributed by atoms with Crippen LogP contribution in [0.2, 0.25) is 0 Å². The van der Waals surface area contributed by atoms with Crippen molar-refractivity contribution in [2.45, 2.75) is 39.0 Å². The Bertz CT molecular complexity index is 1540. The van der Waals surface area contributed by atoms with Crippen molar-refractivity contribution in [2.24, 2.45) is 0 Å². The van der Waals surface area contributed by atoms with Gasteiger partial charge in [-0.3, -0.25) is 5.32 Å². The van der Waals surface area contributed by atoms with Gasteiger partial charge in [-0.15, -0.1) is 0 Å². The molecule has 0 aliphatic rings. The number of anilines is 2. The van der Waals surface area contributed by atoms with Crippen molar-refractivity contribution in [3.63, 3.8) is 0 Å². The third-order valence-corrected chi connectivity index (χ3v) is 6.28. The Morgan fingerprint density at radius 3 is 2.36 bits per heavy atom. The molecule has 0 radical (unpaired) electrons. The molecule has 42 heavy (non-hydrogen) atoms. The molecule has 0 spiro atoms. The number of nitrogens with zero attached hydrogens (tertiary/aromatic N) is 2. The van der Waals surface area contributed by atoms with E-state index in [1.54, 1.807) is 19.2 Å². The Hall–Kier alpha value is -4.81. The lowest BCUT2D eigenvalue weighted by Crippen LogP contribution is -2.35. The second-order valence-electron chi connectivity index (χ2n) is 9.57. The molecule has 0 saturated carbocycles. The van der Waals surface area contributed by atoms with Crippen LogP contribution in [0, 0.1) is 5.82 Å². The highest BCUT2D eigenvalue weighted by Gasteiger charge is 2.51. The summed E-state index contributed by atoms with van der Waals surface area (Å²) in [6, 6.07) is 13.2. The van der Waals surface area contributed by atoms with Crippen molar-refractivity contribution in [1.29, 1.82) is 0 Å². The number of rotatable bonds is 10. The normalized spacial score (nSPS) is 11.6. The van der Waals surface area contributed by atoms with E-state index in [4.69, 9.17) is 18.7 Å². The van der Waals surface area contributed by atoms with Crippen LogP contribution in [0.25, 0.3) is 11.1 Å². The Balaban J connectivity index is 1.43. The van der Waals surface area contributed by atoms with Crippen molar-refractivity contribution in [3.05, 3.63) is 77.9 Å². The highest BCUT2D eigenvalue weighted by Crippen LogP contribution is 2.41. The molecule has 0 fully saturated rings. The molecule has 13 heteroatoms. The van der Waals surface area contributed by atoms with E-state index in [1.807, 2.05) is 31.2 Å². The first-order chi connectivity index (χ1) is 19.9. The van der Waals surface area contributed by atoms with E-state index in [0.717, 1.165) is 31.2 Å². The minimum absolute atomic E-state index is 0.173. The summed E-state index contributed by atoms with van der Waals surface area (Å²) in [6.45, 7) is 4.23. The largest absolute Gasteiger partial charge is 0.497 e. The van der Waals surface area contributed by atoms with Gasteiger partial charge in [-0.25, -0.2) is 14.2 Å². The van der Waals surface area contributed by atoms with E-state index in [0.29, 0.717) is 23.5 Å². The minimum Gasteiger partial charge on any atom is -0.497 e. The molecular formula is C29H28F4N4O5. The molecule has 0 unspecified atom stereocenters. The minimum atomic E-state index is -4.60. The topological polar surface area (TPSA) is 108 Å². The van der Waals surface area contributed by atoms with Gasteiger partial charge >= 0.3 is 12.2 Å². The number of pyridine rings is 1. The molecule has 0 atom stereocenters. The lowest BCUT2D eigenvalue weighted by Gasteiger charge is -2.24. The third kappa shape index (κ3) is 6.90. The van der Waals surface area contributed by atoms with Gasteiger partial charge in [0.15, 0.2) is 17.3 Å². The number of nitrogens with one attached hydrogen (secondary N) is 2. The molecule has 222 valence electrons. The number of benzene rings is 2. The van der Waals surface area contributed by atoms with Gasteiger partial charge in [0.1, 0.15) is 23.6 Å². The first-order valence-corrected chi connectivity index (χ1v) is 12.7. The summed E-state index contributed by atoms with van der Waals surface area (Å²) >= 11 is 0. The van der Waals surface area contributed by atoms with Crippen molar-refractivity contribution in [1.82, 2.24) is 10.1 Å². The van der Waals surface area contributed by atoms with E-state index < -0.39 is 29.2 Å². The molecule has 4 rings (SSSR count). The van der Waals surface area contributed by atoms with Crippen LogP contribution in [-0.4, -0.2) is 36.1 Å². The second-order valence-corrected chi connectivity index (χ2v) is 9.57. The van der Waals surface area contributed by atoms with Gasteiger partial charge in [-0.1, -0.05) is 23.4 Å². The summed E-state index contributed by atoms with van der Waals surface area (Å²) < 4.78 is 76.1. The monoisotopic (exact) mass is 588 g/mol. The molecule has 0 aliphatic heterocycles. The molecule has 2 N–H and O–H groups in total. The van der Waals surface area contributed by atoms with Crippen LogP contribution in [0.4, 0.5) is 33.9 Å². The van der Waals surface area contributed by atoms with E-state index in [2.05, 4.69) is 20.8 Å². The summed E-state index contributed by atoms with van der Waals surface area (Å²) in [5.41, 5.74) is -0.618. The van der Waals surface area contributed by atoms with Crippen LogP contribution in [0.3, 0.4) is 0 Å². The fourth-order valence-electron chi connectivity index (χ4n) is 3.66. The van der Waals surface area contributed by atoms with Crippen molar-refractivity contribution >= 4 is 17.5 Å². The van der Waals surface area contributed by atoms with E-state index in [-0.39, 0.29) is 24.0 Å². The number of amides is 2. The van der Waals surface area contributed by atoms with Crippen LogP contribution < -0.4 is 24.8 Å². The number of urea groups is 1. The molecule has 0 bridgehead atoms. The zero-order chi connectivity index (χ0) is 30.5. The number of ether oxygens (including phenoxy) is 3. The van der Waals surface area contributed by atoms with Gasteiger partial charge in [0.25, 0.3) is 5.88 Å². The standard InChI is InChI=1S/C29H28F4N4O5/c1-5-40-23-13-19(15-34-26(23)41-16-17-6-9-20(39-4)10-7-17)18-8-11-22(21(30)12-18)35-27(38)36-25-14-24(42-37-25)28(2,3)29(31,32)33/h6-15H,5,16H2,1-4H3,(H2,35,36,37,38). The molecule has 0 aliphatic carbocycles. The van der Waals surface area contributed by atoms with E-state index in [9.17, 15) is 22.4 Å². The zero-order valence-electron chi connectivity index (χ0n) is 23.1. The van der Waals surface area contributed by atoms with Crippen molar-refractivity contribution < 1.29 is 41.1 Å². The quantitative estimate of drug-likeness (QED) is 0.187. The fourth-order valence-corrected chi connectivity index (χ4v) is 3.66. The van der Waals surface area contributed by atoms with E-state index >= 15 is 0 Å². The average molecular weight is 589 g/mol. The smallest absolute Gasteiger partial charge is 0.401 e. The highest BCUT2D eigenvalue weighted by atomic mass is 19.4. The highest BCUT2D eigenvalue weighted by molar-refractivity contribution is 5.99.